The molecule has 6 aromatic heterocycles. The summed E-state index contributed by atoms with van der Waals surface area (Å²) in [6.07, 6.45) is 17.8. The van der Waals surface area contributed by atoms with Crippen molar-refractivity contribution in [1.29, 1.82) is 0 Å². The van der Waals surface area contributed by atoms with Gasteiger partial charge in [0.1, 0.15) is 34.9 Å². The van der Waals surface area contributed by atoms with Gasteiger partial charge in [0.2, 0.25) is 17.7 Å². The van der Waals surface area contributed by atoms with Crippen LogP contribution in [0.3, 0.4) is 0 Å². The van der Waals surface area contributed by atoms with Gasteiger partial charge in [0.15, 0.2) is 0 Å². The van der Waals surface area contributed by atoms with E-state index in [2.05, 4.69) is 29.9 Å². The van der Waals surface area contributed by atoms with Crippen molar-refractivity contribution in [3.8, 4) is 33.9 Å². The molecule has 0 aromatic carbocycles. The van der Waals surface area contributed by atoms with E-state index >= 15 is 0 Å². The van der Waals surface area contributed by atoms with Crippen LogP contribution in [0.1, 0.15) is 76.1 Å². The van der Waals surface area contributed by atoms with Crippen molar-refractivity contribution in [2.75, 3.05) is 13.1 Å². The fraction of sp³-hybridized carbons (Fsp3) is 0.378. The number of ether oxygens (including phenoxy) is 2. The van der Waals surface area contributed by atoms with Crippen molar-refractivity contribution in [3.63, 3.8) is 0 Å². The molecule has 0 radical (unpaired) electrons. The molecular weight excluding hydrogens is 765 g/mol. The van der Waals surface area contributed by atoms with Crippen LogP contribution in [0.5, 0.6) is 11.8 Å². The van der Waals surface area contributed by atoms with E-state index in [1.807, 2.05) is 72.5 Å². The van der Waals surface area contributed by atoms with Crippen LogP contribution in [0.25, 0.3) is 22.2 Å². The molecule has 4 saturated heterocycles. The van der Waals surface area contributed by atoms with Gasteiger partial charge < -0.3 is 23.7 Å². The average Bonchev–Trinajstić information content (AvgIpc) is 4.02. The number of piperidine rings is 4. The summed E-state index contributed by atoms with van der Waals surface area (Å²) >= 11 is 1.53. The maximum atomic E-state index is 13.6. The van der Waals surface area contributed by atoms with Crippen LogP contribution in [0.15, 0.2) is 95.7 Å². The minimum Gasteiger partial charge on any atom is -0.472 e. The number of thiazole rings is 1. The van der Waals surface area contributed by atoms with Gasteiger partial charge in [-0.1, -0.05) is 12.1 Å². The number of carbonyl (C=O) groups excluding carboxylic acids is 2. The summed E-state index contributed by atoms with van der Waals surface area (Å²) in [5.74, 6) is 2.40. The highest BCUT2D eigenvalue weighted by atomic mass is 32.1. The summed E-state index contributed by atoms with van der Waals surface area (Å²) in [6, 6.07) is 13.4. The maximum Gasteiger partial charge on any atom is 0.273 e. The number of nitrogens with zero attached hydrogens (tertiary/aromatic N) is 8. The fourth-order valence-corrected chi connectivity index (χ4v) is 9.64. The molecule has 2 aliphatic carbocycles. The van der Waals surface area contributed by atoms with Crippen LogP contribution in [0.4, 0.5) is 0 Å². The van der Waals surface area contributed by atoms with Gasteiger partial charge in [0, 0.05) is 67.1 Å². The first-order valence-corrected chi connectivity index (χ1v) is 21.2. The molecule has 10 heterocycles. The number of aryl methyl sites for hydroxylation is 3. The highest BCUT2D eigenvalue weighted by Crippen LogP contribution is 2.40. The molecule has 12 rings (SSSR count). The van der Waals surface area contributed by atoms with E-state index in [-0.39, 0.29) is 36.1 Å². The zero-order valence-electron chi connectivity index (χ0n) is 33.3. The third kappa shape index (κ3) is 8.18. The maximum absolute atomic E-state index is 13.6. The molecule has 59 heavy (non-hydrogen) atoms. The van der Waals surface area contributed by atoms with E-state index in [1.54, 1.807) is 43.1 Å². The summed E-state index contributed by atoms with van der Waals surface area (Å²) in [4.78, 5) is 57.3. The molecule has 14 heteroatoms. The Morgan fingerprint density at radius 3 is 1.90 bits per heavy atom. The Hall–Kier alpha value is -6.02. The lowest BCUT2D eigenvalue weighted by molar-refractivity contribution is -0.0315. The fourth-order valence-electron chi connectivity index (χ4n) is 8.98. The monoisotopic (exact) mass is 810 g/mol. The van der Waals surface area contributed by atoms with E-state index in [9.17, 15) is 9.59 Å². The molecule has 2 saturated carbocycles. The number of hydrogen-bond donors (Lipinski definition) is 0. The summed E-state index contributed by atoms with van der Waals surface area (Å²) in [5.41, 5.74) is 5.49. The third-order valence-corrected chi connectivity index (χ3v) is 12.6. The van der Waals surface area contributed by atoms with Crippen LogP contribution in [0.2, 0.25) is 0 Å². The lowest BCUT2D eigenvalue weighted by Gasteiger charge is -2.49. The molecule has 6 fully saturated rings. The van der Waals surface area contributed by atoms with Crippen molar-refractivity contribution in [1.82, 2.24) is 39.7 Å². The SMILES string of the molecule is Cc1ccc(OC2CC3CCC2N(C(=O)c2cccnc2-c2ncco2)C3)nc1.Cc1ccc(OC2CC3CCC2N(C(=O)c2ncc(C)cc2-c2nccs2)C3)nc1. The van der Waals surface area contributed by atoms with Gasteiger partial charge in [-0.2, -0.15) is 0 Å². The predicted molar refractivity (Wildman–Crippen MR) is 221 cm³/mol. The Morgan fingerprint density at radius 1 is 0.695 bits per heavy atom. The highest BCUT2D eigenvalue weighted by molar-refractivity contribution is 7.13. The molecule has 13 nitrogen and oxygen atoms in total. The standard InChI is InChI=1S/C23H24N4O2S.C22H22N4O3/c1-14-3-6-20(25-11-14)29-19-10-16-4-5-18(19)27(13-16)23(28)21-17(9-15(2)12-26-21)22-24-7-8-30-22;1-14-4-7-19(25-12-14)29-18-11-15-5-6-17(18)26(13-15)22(27)16-3-2-8-23-20(16)21-24-9-10-28-21/h3,6-9,11-12,16,18-19H,4-5,10,13H2,1-2H3;2-4,7-10,12,15,17-18H,5-6,11,13H2,1H3. The largest absolute Gasteiger partial charge is 0.472 e. The highest BCUT2D eigenvalue weighted by Gasteiger charge is 2.46. The number of hydrogen-bond acceptors (Lipinski definition) is 12. The van der Waals surface area contributed by atoms with Gasteiger partial charge >= 0.3 is 0 Å². The van der Waals surface area contributed by atoms with Crippen molar-refractivity contribution in [2.45, 2.75) is 83.6 Å². The molecule has 6 unspecified atom stereocenters. The summed E-state index contributed by atoms with van der Waals surface area (Å²) in [6.45, 7) is 7.50. The number of aromatic nitrogens is 6. The zero-order valence-corrected chi connectivity index (χ0v) is 34.1. The number of oxazole rings is 1. The first-order valence-electron chi connectivity index (χ1n) is 20.3. The zero-order chi connectivity index (χ0) is 40.5. The van der Waals surface area contributed by atoms with Gasteiger partial charge in [0.25, 0.3) is 11.8 Å². The van der Waals surface area contributed by atoms with Crippen molar-refractivity contribution < 1.29 is 23.5 Å². The van der Waals surface area contributed by atoms with E-state index in [0.29, 0.717) is 46.4 Å². The summed E-state index contributed by atoms with van der Waals surface area (Å²) in [5, 5.41) is 2.75. The number of carbonyl (C=O) groups is 2. The minimum absolute atomic E-state index is 0.0215. The number of rotatable bonds is 8. The molecule has 2 amide bonds. The average molecular weight is 811 g/mol. The van der Waals surface area contributed by atoms with Crippen LogP contribution in [-0.2, 0) is 0 Å². The molecule has 4 bridgehead atoms. The Labute approximate surface area is 346 Å². The lowest BCUT2D eigenvalue weighted by atomic mass is 9.77. The van der Waals surface area contributed by atoms with Crippen LogP contribution in [-0.4, -0.2) is 88.9 Å². The Kier molecular flexibility index (Phi) is 10.9. The Morgan fingerprint density at radius 2 is 1.34 bits per heavy atom. The molecule has 302 valence electrons. The van der Waals surface area contributed by atoms with Crippen molar-refractivity contribution >= 4 is 23.2 Å². The number of fused-ring (bicyclic) bond motifs is 6. The molecule has 6 aliphatic rings. The van der Waals surface area contributed by atoms with Crippen LogP contribution >= 0.6 is 11.3 Å². The second-order valence-corrected chi connectivity index (χ2v) is 16.9. The van der Waals surface area contributed by atoms with Crippen LogP contribution in [0, 0.1) is 32.6 Å². The molecular formula is C45H46N8O5S. The quantitative estimate of drug-likeness (QED) is 0.148. The van der Waals surface area contributed by atoms with Crippen molar-refractivity contribution in [2.24, 2.45) is 11.8 Å². The first kappa shape index (κ1) is 38.5. The number of pyridine rings is 4. The molecule has 4 aliphatic heterocycles. The lowest BCUT2D eigenvalue weighted by Crippen LogP contribution is -2.59. The van der Waals surface area contributed by atoms with Gasteiger partial charge in [0.05, 0.1) is 23.8 Å². The van der Waals surface area contributed by atoms with Gasteiger partial charge in [-0.3, -0.25) is 19.6 Å². The Balaban J connectivity index is 0.000000152. The molecule has 6 atom stereocenters. The van der Waals surface area contributed by atoms with Gasteiger partial charge in [-0.05, 0) is 106 Å². The number of amides is 2. The summed E-state index contributed by atoms with van der Waals surface area (Å²) < 4.78 is 17.9. The molecule has 6 aromatic rings. The van der Waals surface area contributed by atoms with Gasteiger partial charge in [-0.25, -0.2) is 19.9 Å². The predicted octanol–water partition coefficient (Wildman–Crippen LogP) is 7.80. The summed E-state index contributed by atoms with van der Waals surface area (Å²) in [7, 11) is 0. The smallest absolute Gasteiger partial charge is 0.273 e. The van der Waals surface area contributed by atoms with Gasteiger partial charge in [-0.15, -0.1) is 11.3 Å². The van der Waals surface area contributed by atoms with E-state index in [1.165, 1.54) is 17.6 Å². The first-order chi connectivity index (χ1) is 28.8. The topological polar surface area (TPSA) is 150 Å². The second-order valence-electron chi connectivity index (χ2n) is 16.1. The molecule has 0 N–H and O–H groups in total. The van der Waals surface area contributed by atoms with E-state index in [4.69, 9.17) is 13.9 Å². The minimum atomic E-state index is -0.0523. The third-order valence-electron chi connectivity index (χ3n) is 11.8. The van der Waals surface area contributed by atoms with Crippen LogP contribution < -0.4 is 9.47 Å². The van der Waals surface area contributed by atoms with E-state index < -0.39 is 0 Å². The van der Waals surface area contributed by atoms with Crippen molar-refractivity contribution in [3.05, 3.63) is 119 Å². The second kappa shape index (κ2) is 16.7. The van der Waals surface area contributed by atoms with E-state index in [0.717, 1.165) is 78.9 Å². The molecule has 0 spiro atoms. The normalized spacial score (nSPS) is 23.0. The Bertz CT molecular complexity index is 2390.